The van der Waals surface area contributed by atoms with Crippen LogP contribution < -0.4 is 14.8 Å². The second kappa shape index (κ2) is 6.66. The second-order valence-electron chi connectivity index (χ2n) is 5.81. The van der Waals surface area contributed by atoms with Crippen molar-refractivity contribution in [3.8, 4) is 0 Å². The minimum Gasteiger partial charge on any atom is -0.618 e. The molecule has 2 N–H and O–H groups in total. The highest BCUT2D eigenvalue weighted by atomic mass is 32.2. The quantitative estimate of drug-likeness (QED) is 0.485. The fraction of sp³-hybridized carbons (Fsp3) is 0.250. The molecule has 1 aliphatic rings. The maximum Gasteiger partial charge on any atom is 0.251 e. The zero-order chi connectivity index (χ0) is 18.2. The maximum absolute atomic E-state index is 12.6. The SMILES string of the molecule is CC1Cc2cc(S(N)(=O)=O)ccc2N1C(=O)CSc1cccc[n+]1[O-]. The van der Waals surface area contributed by atoms with Crippen molar-refractivity contribution in [2.75, 3.05) is 10.7 Å². The standard InChI is InChI=1S/C16H17N3O4S2/c1-11-8-12-9-13(25(17,22)23)5-6-14(12)19(11)15(20)10-24-16-4-2-3-7-18(16)21/h2-7,9,11H,8,10H2,1H3,(H2,17,22,23). The van der Waals surface area contributed by atoms with Crippen molar-refractivity contribution < 1.29 is 17.9 Å². The molecule has 2 heterocycles. The van der Waals surface area contributed by atoms with Crippen molar-refractivity contribution in [2.24, 2.45) is 5.14 Å². The van der Waals surface area contributed by atoms with Crippen LogP contribution in [0.15, 0.2) is 52.5 Å². The fourth-order valence-electron chi connectivity index (χ4n) is 2.89. The van der Waals surface area contributed by atoms with E-state index in [4.69, 9.17) is 5.14 Å². The van der Waals surface area contributed by atoms with E-state index in [1.807, 2.05) is 6.92 Å². The summed E-state index contributed by atoms with van der Waals surface area (Å²) in [4.78, 5) is 14.3. The van der Waals surface area contributed by atoms with Gasteiger partial charge in [-0.25, -0.2) is 13.6 Å². The Morgan fingerprint density at radius 2 is 2.16 bits per heavy atom. The van der Waals surface area contributed by atoms with Crippen LogP contribution in [0.4, 0.5) is 5.69 Å². The van der Waals surface area contributed by atoms with Crippen LogP contribution in [0.2, 0.25) is 0 Å². The largest absolute Gasteiger partial charge is 0.618 e. The van der Waals surface area contributed by atoms with Gasteiger partial charge in [0.05, 0.1) is 10.6 Å². The monoisotopic (exact) mass is 379 g/mol. The molecule has 1 unspecified atom stereocenters. The number of sulfonamides is 1. The van der Waals surface area contributed by atoms with Gasteiger partial charge in [0.25, 0.3) is 5.03 Å². The number of fused-ring (bicyclic) bond motifs is 1. The summed E-state index contributed by atoms with van der Waals surface area (Å²) in [5, 5.41) is 17.3. The van der Waals surface area contributed by atoms with Gasteiger partial charge in [-0.1, -0.05) is 0 Å². The molecule has 3 rings (SSSR count). The molecule has 0 radical (unpaired) electrons. The summed E-state index contributed by atoms with van der Waals surface area (Å²) in [5.74, 6) is -0.0177. The Hall–Kier alpha value is -2.10. The molecule has 0 spiro atoms. The molecule has 1 amide bonds. The van der Waals surface area contributed by atoms with Crippen LogP contribution in [0.1, 0.15) is 12.5 Å². The second-order valence-corrected chi connectivity index (χ2v) is 8.36. The first kappa shape index (κ1) is 17.7. The Morgan fingerprint density at radius 3 is 2.84 bits per heavy atom. The van der Waals surface area contributed by atoms with E-state index in [1.54, 1.807) is 29.2 Å². The molecule has 7 nitrogen and oxygen atoms in total. The van der Waals surface area contributed by atoms with Crippen LogP contribution >= 0.6 is 11.8 Å². The van der Waals surface area contributed by atoms with Crippen molar-refractivity contribution in [2.45, 2.75) is 29.3 Å². The van der Waals surface area contributed by atoms with Crippen molar-refractivity contribution in [3.63, 3.8) is 0 Å². The van der Waals surface area contributed by atoms with Gasteiger partial charge in [-0.2, -0.15) is 4.73 Å². The highest BCUT2D eigenvalue weighted by Gasteiger charge is 2.32. The summed E-state index contributed by atoms with van der Waals surface area (Å²) < 4.78 is 23.7. The summed E-state index contributed by atoms with van der Waals surface area (Å²) in [5.41, 5.74) is 1.46. The molecule has 0 aliphatic carbocycles. The predicted molar refractivity (Wildman–Crippen MR) is 94.6 cm³/mol. The van der Waals surface area contributed by atoms with Gasteiger partial charge in [-0.3, -0.25) is 4.79 Å². The van der Waals surface area contributed by atoms with Gasteiger partial charge < -0.3 is 10.1 Å². The number of carbonyl (C=O) groups excluding carboxylic acids is 1. The van der Waals surface area contributed by atoms with Gasteiger partial charge in [0.2, 0.25) is 15.9 Å². The van der Waals surface area contributed by atoms with E-state index in [0.29, 0.717) is 17.1 Å². The zero-order valence-corrected chi connectivity index (χ0v) is 15.1. The molecule has 0 fully saturated rings. The van der Waals surface area contributed by atoms with Crippen LogP contribution in [0, 0.1) is 5.21 Å². The lowest BCUT2D eigenvalue weighted by Crippen LogP contribution is -2.37. The Bertz CT molecular complexity index is 931. The number of pyridine rings is 1. The molecule has 0 saturated heterocycles. The molecule has 25 heavy (non-hydrogen) atoms. The summed E-state index contributed by atoms with van der Waals surface area (Å²) in [6.07, 6.45) is 1.94. The Morgan fingerprint density at radius 1 is 1.40 bits per heavy atom. The molecule has 1 aliphatic heterocycles. The first-order chi connectivity index (χ1) is 11.8. The van der Waals surface area contributed by atoms with Crippen LogP contribution in [-0.2, 0) is 21.2 Å². The van der Waals surface area contributed by atoms with Gasteiger partial charge in [0.15, 0.2) is 6.20 Å². The Balaban J connectivity index is 1.80. The molecule has 0 bridgehead atoms. The van der Waals surface area contributed by atoms with Gasteiger partial charge >= 0.3 is 0 Å². The number of benzene rings is 1. The van der Waals surface area contributed by atoms with Gasteiger partial charge in [0, 0.05) is 23.9 Å². The molecule has 0 saturated carbocycles. The van der Waals surface area contributed by atoms with Crippen molar-refractivity contribution in [1.82, 2.24) is 0 Å². The number of anilines is 1. The third kappa shape index (κ3) is 3.63. The van der Waals surface area contributed by atoms with E-state index in [9.17, 15) is 18.4 Å². The minimum atomic E-state index is -3.78. The number of thioether (sulfide) groups is 1. The third-order valence-corrected chi connectivity index (χ3v) is 5.91. The van der Waals surface area contributed by atoms with Crippen LogP contribution in [0.25, 0.3) is 0 Å². The fourth-order valence-corrected chi connectivity index (χ4v) is 4.23. The van der Waals surface area contributed by atoms with Gasteiger partial charge in [0.1, 0.15) is 0 Å². The first-order valence-corrected chi connectivity index (χ1v) is 10.1. The number of nitrogens with two attached hydrogens (primary N) is 1. The van der Waals surface area contributed by atoms with Gasteiger partial charge in [-0.05, 0) is 54.9 Å². The predicted octanol–water partition coefficient (Wildman–Crippen LogP) is 1.04. The molecule has 1 aromatic carbocycles. The number of hydrogen-bond donors (Lipinski definition) is 1. The first-order valence-electron chi connectivity index (χ1n) is 7.56. The number of primary sulfonamides is 1. The number of hydrogen-bond acceptors (Lipinski definition) is 5. The normalized spacial score (nSPS) is 16.7. The minimum absolute atomic E-state index is 0.0406. The highest BCUT2D eigenvalue weighted by molar-refractivity contribution is 7.99. The molecule has 9 heteroatoms. The van der Waals surface area contributed by atoms with E-state index < -0.39 is 10.0 Å². The number of aromatic nitrogens is 1. The van der Waals surface area contributed by atoms with Crippen molar-refractivity contribution in [1.29, 1.82) is 0 Å². The highest BCUT2D eigenvalue weighted by Crippen LogP contribution is 2.34. The van der Waals surface area contributed by atoms with Crippen LogP contribution in [0.3, 0.4) is 0 Å². The van der Waals surface area contributed by atoms with Crippen molar-refractivity contribution >= 4 is 33.4 Å². The lowest BCUT2D eigenvalue weighted by molar-refractivity contribution is -0.645. The van der Waals surface area contributed by atoms with E-state index in [0.717, 1.165) is 10.3 Å². The molecule has 1 atom stereocenters. The van der Waals surface area contributed by atoms with E-state index in [1.165, 1.54) is 30.1 Å². The summed E-state index contributed by atoms with van der Waals surface area (Å²) in [7, 11) is -3.78. The molecule has 1 aromatic heterocycles. The Kier molecular flexibility index (Phi) is 4.72. The number of carbonyl (C=O) groups is 1. The lowest BCUT2D eigenvalue weighted by atomic mass is 10.1. The van der Waals surface area contributed by atoms with E-state index in [-0.39, 0.29) is 22.6 Å². The van der Waals surface area contributed by atoms with Crippen LogP contribution in [-0.4, -0.2) is 26.1 Å². The van der Waals surface area contributed by atoms with E-state index in [2.05, 4.69) is 0 Å². The summed E-state index contributed by atoms with van der Waals surface area (Å²) >= 11 is 1.17. The smallest absolute Gasteiger partial charge is 0.251 e. The Labute approximate surface area is 150 Å². The zero-order valence-electron chi connectivity index (χ0n) is 13.5. The summed E-state index contributed by atoms with van der Waals surface area (Å²) in [6, 6.07) is 9.47. The number of rotatable bonds is 4. The van der Waals surface area contributed by atoms with Crippen LogP contribution in [0.5, 0.6) is 0 Å². The average Bonchev–Trinajstić information content (AvgIpc) is 2.88. The summed E-state index contributed by atoms with van der Waals surface area (Å²) in [6.45, 7) is 1.90. The van der Waals surface area contributed by atoms with Gasteiger partial charge in [-0.15, -0.1) is 0 Å². The molecular formula is C16H17N3O4S2. The number of nitrogens with zero attached hydrogens (tertiary/aromatic N) is 2. The maximum atomic E-state index is 12.6. The van der Waals surface area contributed by atoms with Crippen molar-refractivity contribution in [3.05, 3.63) is 53.4 Å². The number of amides is 1. The molecular weight excluding hydrogens is 362 g/mol. The third-order valence-electron chi connectivity index (χ3n) is 4.00. The lowest BCUT2D eigenvalue weighted by Gasteiger charge is -2.22. The molecule has 132 valence electrons. The van der Waals surface area contributed by atoms with E-state index >= 15 is 0 Å². The topological polar surface area (TPSA) is 107 Å². The average molecular weight is 379 g/mol. The molecule has 2 aromatic rings.